The van der Waals surface area contributed by atoms with Gasteiger partial charge in [0.15, 0.2) is 5.89 Å². The highest BCUT2D eigenvalue weighted by molar-refractivity contribution is 6.17. The Balaban J connectivity index is 1.82. The van der Waals surface area contributed by atoms with Crippen molar-refractivity contribution in [1.29, 1.82) is 0 Å². The molecule has 3 heteroatoms. The van der Waals surface area contributed by atoms with Crippen molar-refractivity contribution in [3.8, 4) is 0 Å². The fraction of sp³-hybridized carbons (Fsp3) is 0.727. The van der Waals surface area contributed by atoms with Gasteiger partial charge < -0.3 is 4.42 Å². The number of rotatable bonds is 5. The van der Waals surface area contributed by atoms with Gasteiger partial charge in [0.2, 0.25) is 0 Å². The maximum atomic E-state index is 5.62. The van der Waals surface area contributed by atoms with Gasteiger partial charge in [0.25, 0.3) is 0 Å². The van der Waals surface area contributed by atoms with E-state index in [1.807, 2.05) is 6.20 Å². The van der Waals surface area contributed by atoms with E-state index in [4.69, 9.17) is 16.0 Å². The summed E-state index contributed by atoms with van der Waals surface area (Å²) in [7, 11) is 0. The molecule has 0 unspecified atom stereocenters. The maximum absolute atomic E-state index is 5.62. The Morgan fingerprint density at radius 1 is 1.50 bits per heavy atom. The molecule has 78 valence electrons. The number of hydrogen-bond acceptors (Lipinski definition) is 2. The molecule has 1 heterocycles. The van der Waals surface area contributed by atoms with Crippen molar-refractivity contribution in [3.63, 3.8) is 0 Å². The van der Waals surface area contributed by atoms with E-state index in [1.165, 1.54) is 19.3 Å². The van der Waals surface area contributed by atoms with Crippen molar-refractivity contribution in [1.82, 2.24) is 4.98 Å². The number of nitrogens with zero attached hydrogens (tertiary/aromatic N) is 1. The van der Waals surface area contributed by atoms with Crippen LogP contribution in [0.15, 0.2) is 10.6 Å². The molecule has 0 aliphatic heterocycles. The van der Waals surface area contributed by atoms with E-state index in [-0.39, 0.29) is 0 Å². The molecule has 0 amide bonds. The molecule has 0 atom stereocenters. The third-order valence-corrected chi connectivity index (χ3v) is 3.11. The summed E-state index contributed by atoms with van der Waals surface area (Å²) in [5, 5.41) is 0. The molecule has 1 aromatic heterocycles. The van der Waals surface area contributed by atoms with Gasteiger partial charge in [-0.15, -0.1) is 11.6 Å². The molecule has 0 spiro atoms. The average molecular weight is 214 g/mol. The molecule has 1 aromatic rings. The molecule has 2 nitrogen and oxygen atoms in total. The predicted octanol–water partition coefficient (Wildman–Crippen LogP) is 3.19. The van der Waals surface area contributed by atoms with Crippen LogP contribution < -0.4 is 0 Å². The number of aryl methyl sites for hydroxylation is 1. The predicted molar refractivity (Wildman–Crippen MR) is 56.6 cm³/mol. The summed E-state index contributed by atoms with van der Waals surface area (Å²) in [6.07, 6.45) is 8.88. The molecule has 1 saturated carbocycles. The third kappa shape index (κ3) is 2.50. The number of hydrogen-bond donors (Lipinski definition) is 0. The van der Waals surface area contributed by atoms with Crippen molar-refractivity contribution in [2.45, 2.75) is 38.5 Å². The van der Waals surface area contributed by atoms with Crippen LogP contribution in [0.25, 0.3) is 0 Å². The molecule has 1 aliphatic carbocycles. The second kappa shape index (κ2) is 4.83. The summed E-state index contributed by atoms with van der Waals surface area (Å²) < 4.78 is 5.62. The molecule has 0 N–H and O–H groups in total. The maximum Gasteiger partial charge on any atom is 0.194 e. The minimum absolute atomic E-state index is 0.681. The highest BCUT2D eigenvalue weighted by Gasteiger charge is 2.19. The van der Waals surface area contributed by atoms with Crippen LogP contribution in [-0.2, 0) is 12.8 Å². The lowest BCUT2D eigenvalue weighted by Gasteiger charge is -2.23. The third-order valence-electron chi connectivity index (χ3n) is 2.84. The number of aromatic nitrogens is 1. The zero-order valence-electron chi connectivity index (χ0n) is 8.34. The van der Waals surface area contributed by atoms with E-state index in [2.05, 4.69) is 4.98 Å². The van der Waals surface area contributed by atoms with Crippen LogP contribution >= 0.6 is 11.6 Å². The SMILES string of the molecule is ClCCCc1ncc(CC2CCC2)o1. The Morgan fingerprint density at radius 2 is 2.36 bits per heavy atom. The molecular formula is C11H16ClNO. The van der Waals surface area contributed by atoms with Crippen LogP contribution in [0.4, 0.5) is 0 Å². The van der Waals surface area contributed by atoms with E-state index in [1.54, 1.807) is 0 Å². The molecule has 14 heavy (non-hydrogen) atoms. The van der Waals surface area contributed by atoms with Gasteiger partial charge in [-0.25, -0.2) is 4.98 Å². The fourth-order valence-corrected chi connectivity index (χ4v) is 1.89. The molecule has 0 aromatic carbocycles. The van der Waals surface area contributed by atoms with E-state index in [0.29, 0.717) is 5.88 Å². The van der Waals surface area contributed by atoms with Crippen LogP contribution in [0.2, 0.25) is 0 Å². The summed E-state index contributed by atoms with van der Waals surface area (Å²) >= 11 is 5.60. The highest BCUT2D eigenvalue weighted by atomic mass is 35.5. The number of oxazole rings is 1. The average Bonchev–Trinajstić information content (AvgIpc) is 2.56. The Labute approximate surface area is 89.7 Å². The highest BCUT2D eigenvalue weighted by Crippen LogP contribution is 2.29. The monoisotopic (exact) mass is 213 g/mol. The lowest BCUT2D eigenvalue weighted by atomic mass is 9.82. The van der Waals surface area contributed by atoms with Crippen molar-refractivity contribution < 1.29 is 4.42 Å². The first kappa shape index (κ1) is 10.0. The van der Waals surface area contributed by atoms with Gasteiger partial charge in [-0.1, -0.05) is 19.3 Å². The molecule has 1 aliphatic rings. The second-order valence-corrected chi connectivity index (χ2v) is 4.39. The quantitative estimate of drug-likeness (QED) is 0.703. The van der Waals surface area contributed by atoms with Gasteiger partial charge in [-0.05, 0) is 12.3 Å². The fourth-order valence-electron chi connectivity index (χ4n) is 1.76. The smallest absolute Gasteiger partial charge is 0.194 e. The normalized spacial score (nSPS) is 16.9. The molecule has 0 bridgehead atoms. The van der Waals surface area contributed by atoms with Crippen LogP contribution in [0.3, 0.4) is 0 Å². The minimum atomic E-state index is 0.681. The van der Waals surface area contributed by atoms with E-state index in [0.717, 1.165) is 36.8 Å². The largest absolute Gasteiger partial charge is 0.446 e. The van der Waals surface area contributed by atoms with Crippen LogP contribution in [0.5, 0.6) is 0 Å². The summed E-state index contributed by atoms with van der Waals surface area (Å²) in [6, 6.07) is 0. The standard InChI is InChI=1S/C11H16ClNO/c12-6-2-5-11-13-8-10(14-11)7-9-3-1-4-9/h8-9H,1-7H2. The van der Waals surface area contributed by atoms with Crippen molar-refractivity contribution in [2.75, 3.05) is 5.88 Å². The Morgan fingerprint density at radius 3 is 3.00 bits per heavy atom. The first-order valence-electron chi connectivity index (χ1n) is 5.38. The van der Waals surface area contributed by atoms with Crippen molar-refractivity contribution in [3.05, 3.63) is 17.8 Å². The Hall–Kier alpha value is -0.500. The summed E-state index contributed by atoms with van der Waals surface area (Å²) in [5.74, 6) is 3.43. The van der Waals surface area contributed by atoms with Crippen LogP contribution in [0, 0.1) is 5.92 Å². The summed E-state index contributed by atoms with van der Waals surface area (Å²) in [4.78, 5) is 4.24. The topological polar surface area (TPSA) is 26.0 Å². The zero-order chi connectivity index (χ0) is 9.80. The minimum Gasteiger partial charge on any atom is -0.446 e. The van der Waals surface area contributed by atoms with Crippen molar-refractivity contribution in [2.24, 2.45) is 5.92 Å². The van der Waals surface area contributed by atoms with Crippen LogP contribution in [0.1, 0.15) is 37.3 Å². The van der Waals surface area contributed by atoms with E-state index >= 15 is 0 Å². The lowest BCUT2D eigenvalue weighted by molar-refractivity contribution is 0.291. The summed E-state index contributed by atoms with van der Waals surface area (Å²) in [6.45, 7) is 0. The van der Waals surface area contributed by atoms with E-state index < -0.39 is 0 Å². The first-order chi connectivity index (χ1) is 6.88. The molecule has 1 fully saturated rings. The van der Waals surface area contributed by atoms with Gasteiger partial charge >= 0.3 is 0 Å². The molecule has 0 radical (unpaired) electrons. The number of alkyl halides is 1. The van der Waals surface area contributed by atoms with Gasteiger partial charge in [0, 0.05) is 18.7 Å². The molecule has 0 saturated heterocycles. The zero-order valence-corrected chi connectivity index (χ0v) is 9.09. The second-order valence-electron chi connectivity index (χ2n) is 4.01. The van der Waals surface area contributed by atoms with Crippen molar-refractivity contribution >= 4 is 11.6 Å². The molecule has 2 rings (SSSR count). The van der Waals surface area contributed by atoms with Crippen LogP contribution in [-0.4, -0.2) is 10.9 Å². The van der Waals surface area contributed by atoms with Gasteiger partial charge in [-0.2, -0.15) is 0 Å². The Kier molecular flexibility index (Phi) is 3.46. The summed E-state index contributed by atoms with van der Waals surface area (Å²) in [5.41, 5.74) is 0. The van der Waals surface area contributed by atoms with Gasteiger partial charge in [0.1, 0.15) is 5.76 Å². The van der Waals surface area contributed by atoms with E-state index in [9.17, 15) is 0 Å². The van der Waals surface area contributed by atoms with Gasteiger partial charge in [-0.3, -0.25) is 0 Å². The first-order valence-corrected chi connectivity index (χ1v) is 5.91. The Bertz CT molecular complexity index is 281. The lowest BCUT2D eigenvalue weighted by Crippen LogP contribution is -2.13. The van der Waals surface area contributed by atoms with Gasteiger partial charge in [0.05, 0.1) is 6.20 Å². The number of halogens is 1. The molecular weight excluding hydrogens is 198 g/mol.